The maximum absolute atomic E-state index is 12.5. The van der Waals surface area contributed by atoms with E-state index in [4.69, 9.17) is 0 Å². The van der Waals surface area contributed by atoms with Gasteiger partial charge in [0.1, 0.15) is 5.82 Å². The number of nitrogens with zero attached hydrogens (tertiary/aromatic N) is 4. The number of H-pyrrole nitrogens is 1. The summed E-state index contributed by atoms with van der Waals surface area (Å²) in [6, 6.07) is 0.325. The lowest BCUT2D eigenvalue weighted by atomic mass is 9.83. The summed E-state index contributed by atoms with van der Waals surface area (Å²) in [5, 5.41) is 6.89. The second kappa shape index (κ2) is 7.32. The van der Waals surface area contributed by atoms with Gasteiger partial charge in [-0.2, -0.15) is 5.10 Å². The summed E-state index contributed by atoms with van der Waals surface area (Å²) in [4.78, 5) is 32.9. The molecule has 2 amide bonds. The molecule has 0 aliphatic carbocycles. The molecule has 3 rings (SSSR count). The molecule has 0 saturated carbocycles. The Morgan fingerprint density at radius 1 is 1.38 bits per heavy atom. The van der Waals surface area contributed by atoms with E-state index in [1.807, 2.05) is 11.8 Å². The number of hydrogen-bond donors (Lipinski definition) is 1. The van der Waals surface area contributed by atoms with Crippen molar-refractivity contribution in [1.82, 2.24) is 25.0 Å². The van der Waals surface area contributed by atoms with Gasteiger partial charge in [0.25, 0.3) is 0 Å². The highest BCUT2D eigenvalue weighted by atomic mass is 16.2. The number of hydrogen-bond acceptors (Lipinski definition) is 4. The molecule has 0 spiro atoms. The van der Waals surface area contributed by atoms with Crippen LogP contribution in [-0.2, 0) is 16.0 Å². The topological polar surface area (TPSA) is 82.2 Å². The van der Waals surface area contributed by atoms with Gasteiger partial charge in [-0.05, 0) is 32.1 Å². The predicted molar refractivity (Wildman–Crippen MR) is 89.2 cm³/mol. The molecule has 132 valence electrons. The number of rotatable bonds is 5. The van der Waals surface area contributed by atoms with Crippen molar-refractivity contribution in [3.05, 3.63) is 11.6 Å². The fraction of sp³-hybridized carbons (Fsp3) is 0.765. The van der Waals surface area contributed by atoms with Crippen LogP contribution in [0.5, 0.6) is 0 Å². The Kier molecular flexibility index (Phi) is 5.16. The van der Waals surface area contributed by atoms with Crippen LogP contribution in [-0.4, -0.2) is 62.5 Å². The van der Waals surface area contributed by atoms with Crippen molar-refractivity contribution in [3.63, 3.8) is 0 Å². The third-order valence-electron chi connectivity index (χ3n) is 5.17. The van der Waals surface area contributed by atoms with Crippen LogP contribution in [0.25, 0.3) is 0 Å². The lowest BCUT2D eigenvalue weighted by molar-refractivity contribution is -0.144. The summed E-state index contributed by atoms with van der Waals surface area (Å²) in [6.07, 6.45) is 4.46. The Hall–Kier alpha value is -1.92. The number of likely N-dealkylation sites (tertiary alicyclic amines) is 2. The van der Waals surface area contributed by atoms with Gasteiger partial charge in [-0.3, -0.25) is 14.7 Å². The highest BCUT2D eigenvalue weighted by molar-refractivity contribution is 5.78. The summed E-state index contributed by atoms with van der Waals surface area (Å²) in [5.74, 6) is 2.37. The van der Waals surface area contributed by atoms with Crippen LogP contribution in [0.1, 0.15) is 50.7 Å². The van der Waals surface area contributed by atoms with Crippen molar-refractivity contribution in [2.24, 2.45) is 5.92 Å². The molecule has 0 radical (unpaired) electrons. The maximum atomic E-state index is 12.5. The zero-order chi connectivity index (χ0) is 17.1. The first-order chi connectivity index (χ1) is 11.6. The van der Waals surface area contributed by atoms with Crippen molar-refractivity contribution in [2.75, 3.05) is 19.6 Å². The van der Waals surface area contributed by atoms with Gasteiger partial charge in [-0.15, -0.1) is 0 Å². The fourth-order valence-corrected chi connectivity index (χ4v) is 3.99. The summed E-state index contributed by atoms with van der Waals surface area (Å²) in [5.41, 5.74) is 0. The zero-order valence-electron chi connectivity index (χ0n) is 14.6. The second-order valence-corrected chi connectivity index (χ2v) is 6.92. The van der Waals surface area contributed by atoms with Crippen LogP contribution >= 0.6 is 0 Å². The normalized spacial score (nSPS) is 24.2. The molecule has 2 saturated heterocycles. The average Bonchev–Trinajstić information content (AvgIpc) is 3.00. The van der Waals surface area contributed by atoms with E-state index in [2.05, 4.69) is 27.0 Å². The molecule has 2 atom stereocenters. The number of carbonyl (C=O) groups is 2. The number of fused-ring (bicyclic) bond motifs is 1. The highest BCUT2D eigenvalue weighted by Gasteiger charge is 2.39. The molecule has 7 heteroatoms. The van der Waals surface area contributed by atoms with Gasteiger partial charge in [-0.25, -0.2) is 4.98 Å². The molecule has 7 nitrogen and oxygen atoms in total. The number of amides is 2. The van der Waals surface area contributed by atoms with Gasteiger partial charge in [0, 0.05) is 44.9 Å². The van der Waals surface area contributed by atoms with E-state index in [-0.39, 0.29) is 11.8 Å². The summed E-state index contributed by atoms with van der Waals surface area (Å²) < 4.78 is 0. The molecule has 0 unspecified atom stereocenters. The SMILES string of the molecule is CCCN1C(=O)CC[C@H]2CN(C(=O)CCc3n[nH]c(C)n3)CC[C@H]21. The summed E-state index contributed by atoms with van der Waals surface area (Å²) in [6.45, 7) is 6.35. The number of aromatic amines is 1. The molecule has 1 aromatic rings. The second-order valence-electron chi connectivity index (χ2n) is 6.92. The van der Waals surface area contributed by atoms with Gasteiger partial charge in [0.05, 0.1) is 0 Å². The Balaban J connectivity index is 1.54. The van der Waals surface area contributed by atoms with E-state index in [0.29, 0.717) is 37.0 Å². The van der Waals surface area contributed by atoms with Crippen molar-refractivity contribution in [3.8, 4) is 0 Å². The number of aryl methyl sites for hydroxylation is 2. The largest absolute Gasteiger partial charge is 0.342 e. The smallest absolute Gasteiger partial charge is 0.223 e. The first-order valence-corrected chi connectivity index (χ1v) is 9.03. The van der Waals surface area contributed by atoms with Crippen molar-refractivity contribution in [1.29, 1.82) is 0 Å². The van der Waals surface area contributed by atoms with E-state index in [1.165, 1.54) is 0 Å². The first kappa shape index (κ1) is 16.9. The van der Waals surface area contributed by atoms with Crippen LogP contribution in [0.4, 0.5) is 0 Å². The Labute approximate surface area is 142 Å². The van der Waals surface area contributed by atoms with Crippen LogP contribution in [0.15, 0.2) is 0 Å². The minimum absolute atomic E-state index is 0.176. The molecule has 0 bridgehead atoms. The molecule has 1 N–H and O–H groups in total. The van der Waals surface area contributed by atoms with Gasteiger partial charge < -0.3 is 9.80 Å². The minimum atomic E-state index is 0.176. The first-order valence-electron chi connectivity index (χ1n) is 9.03. The van der Waals surface area contributed by atoms with Gasteiger partial charge in [-0.1, -0.05) is 6.92 Å². The van der Waals surface area contributed by atoms with E-state index in [9.17, 15) is 9.59 Å². The Bertz CT molecular complexity index is 600. The molecule has 2 aliphatic heterocycles. The highest BCUT2D eigenvalue weighted by Crippen LogP contribution is 2.31. The summed E-state index contributed by atoms with van der Waals surface area (Å²) >= 11 is 0. The van der Waals surface area contributed by atoms with E-state index < -0.39 is 0 Å². The maximum Gasteiger partial charge on any atom is 0.223 e. The predicted octanol–water partition coefficient (Wildman–Crippen LogP) is 1.30. The van der Waals surface area contributed by atoms with Crippen molar-refractivity contribution >= 4 is 11.8 Å². The average molecular weight is 333 g/mol. The molecule has 24 heavy (non-hydrogen) atoms. The Morgan fingerprint density at radius 3 is 2.92 bits per heavy atom. The number of carbonyl (C=O) groups excluding carboxylic acids is 2. The van der Waals surface area contributed by atoms with Crippen LogP contribution in [0.3, 0.4) is 0 Å². The third kappa shape index (κ3) is 3.60. The number of piperidine rings is 2. The minimum Gasteiger partial charge on any atom is -0.342 e. The standard InChI is InChI=1S/C17H27N5O2/c1-3-9-22-14-8-10-21(11-13(14)4-6-17(22)24)16(23)7-5-15-18-12(2)19-20-15/h13-14H,3-11H2,1-2H3,(H,18,19,20)/t13-,14+/m0/s1. The fourth-order valence-electron chi connectivity index (χ4n) is 3.99. The summed E-state index contributed by atoms with van der Waals surface area (Å²) in [7, 11) is 0. The molecular formula is C17H27N5O2. The van der Waals surface area contributed by atoms with Crippen LogP contribution in [0, 0.1) is 12.8 Å². The molecule has 2 fully saturated rings. The number of aromatic nitrogens is 3. The van der Waals surface area contributed by atoms with Crippen LogP contribution in [0.2, 0.25) is 0 Å². The van der Waals surface area contributed by atoms with Gasteiger partial charge in [0.2, 0.25) is 11.8 Å². The quantitative estimate of drug-likeness (QED) is 0.880. The lowest BCUT2D eigenvalue weighted by Gasteiger charge is -2.47. The van der Waals surface area contributed by atoms with Gasteiger partial charge >= 0.3 is 0 Å². The van der Waals surface area contributed by atoms with Crippen molar-refractivity contribution in [2.45, 2.75) is 58.4 Å². The van der Waals surface area contributed by atoms with Gasteiger partial charge in [0.15, 0.2) is 5.82 Å². The monoisotopic (exact) mass is 333 g/mol. The Morgan fingerprint density at radius 2 is 2.21 bits per heavy atom. The van der Waals surface area contributed by atoms with E-state index in [0.717, 1.165) is 44.7 Å². The van der Waals surface area contributed by atoms with E-state index in [1.54, 1.807) is 0 Å². The van der Waals surface area contributed by atoms with E-state index >= 15 is 0 Å². The lowest BCUT2D eigenvalue weighted by Crippen LogP contribution is -2.57. The van der Waals surface area contributed by atoms with Crippen molar-refractivity contribution < 1.29 is 9.59 Å². The molecule has 3 heterocycles. The molecule has 0 aromatic carbocycles. The molecular weight excluding hydrogens is 306 g/mol. The number of nitrogens with one attached hydrogen (secondary N) is 1. The molecule has 2 aliphatic rings. The third-order valence-corrected chi connectivity index (χ3v) is 5.17. The van der Waals surface area contributed by atoms with Crippen LogP contribution < -0.4 is 0 Å². The molecule has 1 aromatic heterocycles. The zero-order valence-corrected chi connectivity index (χ0v) is 14.6.